The fraction of sp³-hybridized carbons (Fsp3) is 0.667. The summed E-state index contributed by atoms with van der Waals surface area (Å²) in [7, 11) is 0. The highest BCUT2D eigenvalue weighted by Gasteiger charge is 2.33. The lowest BCUT2D eigenvalue weighted by molar-refractivity contribution is -0.133. The van der Waals surface area contributed by atoms with Crippen LogP contribution in [0, 0.1) is 23.7 Å². The van der Waals surface area contributed by atoms with Crippen molar-refractivity contribution in [3.05, 3.63) is 11.4 Å². The summed E-state index contributed by atoms with van der Waals surface area (Å²) in [6.07, 6.45) is 1.90. The number of piperidine rings is 1. The molecule has 1 fully saturated rings. The first-order chi connectivity index (χ1) is 8.54. The van der Waals surface area contributed by atoms with Gasteiger partial charge < -0.3 is 4.90 Å². The van der Waals surface area contributed by atoms with Crippen LogP contribution in [0.4, 0.5) is 0 Å². The predicted octanol–water partition coefficient (Wildman–Crippen LogP) is 1.07. The van der Waals surface area contributed by atoms with E-state index in [0.29, 0.717) is 24.5 Å². The summed E-state index contributed by atoms with van der Waals surface area (Å²) >= 11 is 0. The molecule has 0 unspecified atom stereocenters. The molecule has 1 aliphatic heterocycles. The van der Waals surface area contributed by atoms with Gasteiger partial charge in [0.1, 0.15) is 11.4 Å². The molecule has 0 bridgehead atoms. The third-order valence-electron chi connectivity index (χ3n) is 3.38. The van der Waals surface area contributed by atoms with Gasteiger partial charge in [-0.15, -0.1) is 0 Å². The fourth-order valence-corrected chi connectivity index (χ4v) is 2.21. The van der Waals surface area contributed by atoms with Crippen molar-refractivity contribution in [3.63, 3.8) is 0 Å². The molecule has 0 N–H and O–H groups in total. The van der Waals surface area contributed by atoms with Crippen molar-refractivity contribution in [3.8, 4) is 6.07 Å². The number of hydrogen-bond donors (Lipinski definition) is 0. The van der Waals surface area contributed by atoms with Gasteiger partial charge in [-0.2, -0.15) is 5.26 Å². The molecule has 2 heterocycles. The lowest BCUT2D eigenvalue weighted by Gasteiger charge is -2.35. The number of carbonyl (C=O) groups is 1. The van der Waals surface area contributed by atoms with E-state index in [1.54, 1.807) is 11.8 Å². The van der Waals surface area contributed by atoms with Gasteiger partial charge in [0.15, 0.2) is 0 Å². The Kier molecular flexibility index (Phi) is 3.32. The number of aromatic nitrogens is 2. The van der Waals surface area contributed by atoms with Gasteiger partial charge in [0.05, 0.1) is 17.9 Å². The summed E-state index contributed by atoms with van der Waals surface area (Å²) in [6, 6.07) is 2.30. The van der Waals surface area contributed by atoms with E-state index in [0.717, 1.165) is 12.8 Å². The SMILES string of the molecule is Cc1nonc1CC(=O)N1CCC[C@@](C)(C#N)C1. The van der Waals surface area contributed by atoms with Crippen molar-refractivity contribution >= 4 is 5.91 Å². The summed E-state index contributed by atoms with van der Waals surface area (Å²) in [5, 5.41) is 16.5. The summed E-state index contributed by atoms with van der Waals surface area (Å²) in [5.41, 5.74) is 0.790. The normalized spacial score (nSPS) is 23.7. The van der Waals surface area contributed by atoms with Gasteiger partial charge in [-0.3, -0.25) is 4.79 Å². The maximum atomic E-state index is 12.1. The lowest BCUT2D eigenvalue weighted by Crippen LogP contribution is -2.44. The second kappa shape index (κ2) is 4.77. The molecular formula is C12H16N4O2. The zero-order valence-corrected chi connectivity index (χ0v) is 10.6. The zero-order chi connectivity index (χ0) is 13.2. The maximum Gasteiger partial charge on any atom is 0.228 e. The van der Waals surface area contributed by atoms with Crippen molar-refractivity contribution < 1.29 is 9.42 Å². The van der Waals surface area contributed by atoms with E-state index in [4.69, 9.17) is 5.26 Å². The highest BCUT2D eigenvalue weighted by molar-refractivity contribution is 5.78. The molecule has 96 valence electrons. The quantitative estimate of drug-likeness (QED) is 0.781. The van der Waals surface area contributed by atoms with Crippen LogP contribution in [0.1, 0.15) is 31.2 Å². The highest BCUT2D eigenvalue weighted by atomic mass is 16.6. The predicted molar refractivity (Wildman–Crippen MR) is 62.3 cm³/mol. The standard InChI is InChI=1S/C12H16N4O2/c1-9-10(15-18-14-9)6-11(17)16-5-3-4-12(2,7-13)8-16/h3-6,8H2,1-2H3/t12-/m0/s1. The molecule has 18 heavy (non-hydrogen) atoms. The molecule has 1 aromatic rings. The van der Waals surface area contributed by atoms with Crippen molar-refractivity contribution in [2.75, 3.05) is 13.1 Å². The monoisotopic (exact) mass is 248 g/mol. The molecule has 1 aliphatic rings. The second-order valence-corrected chi connectivity index (χ2v) is 5.06. The number of rotatable bonds is 2. The molecule has 0 radical (unpaired) electrons. The van der Waals surface area contributed by atoms with Crippen LogP contribution in [-0.4, -0.2) is 34.2 Å². The molecule has 0 aromatic carbocycles. The molecule has 1 atom stereocenters. The minimum atomic E-state index is -0.426. The third-order valence-corrected chi connectivity index (χ3v) is 3.38. The van der Waals surface area contributed by atoms with Crippen LogP contribution in [0.5, 0.6) is 0 Å². The summed E-state index contributed by atoms with van der Waals surface area (Å²) in [6.45, 7) is 4.86. The van der Waals surface area contributed by atoms with Crippen molar-refractivity contribution in [1.82, 2.24) is 15.2 Å². The number of likely N-dealkylation sites (tertiary alicyclic amines) is 1. The Morgan fingerprint density at radius 2 is 2.39 bits per heavy atom. The topological polar surface area (TPSA) is 83.0 Å². The lowest BCUT2D eigenvalue weighted by atomic mass is 9.83. The van der Waals surface area contributed by atoms with E-state index >= 15 is 0 Å². The number of amides is 1. The molecule has 6 heteroatoms. The Balaban J connectivity index is 2.02. The second-order valence-electron chi connectivity index (χ2n) is 5.06. The number of nitrogens with zero attached hydrogens (tertiary/aromatic N) is 4. The molecule has 1 amide bonds. The summed E-state index contributed by atoms with van der Waals surface area (Å²) < 4.78 is 4.57. The Labute approximate surface area is 106 Å². The van der Waals surface area contributed by atoms with Crippen molar-refractivity contribution in [1.29, 1.82) is 5.26 Å². The average molecular weight is 248 g/mol. The molecule has 1 aromatic heterocycles. The van der Waals surface area contributed by atoms with Crippen LogP contribution < -0.4 is 0 Å². The molecule has 2 rings (SSSR count). The Morgan fingerprint density at radius 1 is 1.61 bits per heavy atom. The van der Waals surface area contributed by atoms with E-state index in [1.165, 1.54) is 0 Å². The van der Waals surface area contributed by atoms with Gasteiger partial charge in [-0.1, -0.05) is 10.3 Å². The number of hydrogen-bond acceptors (Lipinski definition) is 5. The van der Waals surface area contributed by atoms with Crippen LogP contribution in [0.2, 0.25) is 0 Å². The number of carbonyl (C=O) groups excluding carboxylic acids is 1. The van der Waals surface area contributed by atoms with Crippen molar-refractivity contribution in [2.45, 2.75) is 33.1 Å². The minimum absolute atomic E-state index is 0.0185. The first kappa shape index (κ1) is 12.6. The zero-order valence-electron chi connectivity index (χ0n) is 10.6. The van der Waals surface area contributed by atoms with E-state index in [2.05, 4.69) is 21.0 Å². The average Bonchev–Trinajstić information content (AvgIpc) is 2.75. The first-order valence-electron chi connectivity index (χ1n) is 6.01. The summed E-state index contributed by atoms with van der Waals surface area (Å²) in [4.78, 5) is 13.9. The first-order valence-corrected chi connectivity index (χ1v) is 6.01. The van der Waals surface area contributed by atoms with Crippen LogP contribution in [0.15, 0.2) is 4.63 Å². The van der Waals surface area contributed by atoms with Gasteiger partial charge in [0.25, 0.3) is 0 Å². The maximum absolute atomic E-state index is 12.1. The molecule has 6 nitrogen and oxygen atoms in total. The van der Waals surface area contributed by atoms with Gasteiger partial charge in [-0.05, 0) is 26.7 Å². The fourth-order valence-electron chi connectivity index (χ4n) is 2.21. The van der Waals surface area contributed by atoms with E-state index in [9.17, 15) is 4.79 Å². The molecule has 0 saturated carbocycles. The van der Waals surface area contributed by atoms with Gasteiger partial charge in [0.2, 0.25) is 5.91 Å². The Bertz CT molecular complexity index is 491. The van der Waals surface area contributed by atoms with Crippen LogP contribution in [0.3, 0.4) is 0 Å². The smallest absolute Gasteiger partial charge is 0.228 e. The minimum Gasteiger partial charge on any atom is -0.341 e. The Morgan fingerprint density at radius 3 is 3.00 bits per heavy atom. The highest BCUT2D eigenvalue weighted by Crippen LogP contribution is 2.28. The number of nitriles is 1. The van der Waals surface area contributed by atoms with Gasteiger partial charge >= 0.3 is 0 Å². The van der Waals surface area contributed by atoms with Gasteiger partial charge in [0, 0.05) is 13.1 Å². The third kappa shape index (κ3) is 2.50. The van der Waals surface area contributed by atoms with Crippen LogP contribution in [0.25, 0.3) is 0 Å². The largest absolute Gasteiger partial charge is 0.341 e. The Hall–Kier alpha value is -1.90. The van der Waals surface area contributed by atoms with Crippen molar-refractivity contribution in [2.24, 2.45) is 5.41 Å². The number of aryl methyl sites for hydroxylation is 1. The van der Waals surface area contributed by atoms with E-state index in [1.807, 2.05) is 6.92 Å². The molecule has 0 spiro atoms. The van der Waals surface area contributed by atoms with E-state index in [-0.39, 0.29) is 12.3 Å². The van der Waals surface area contributed by atoms with Gasteiger partial charge in [-0.25, -0.2) is 4.63 Å². The summed E-state index contributed by atoms with van der Waals surface area (Å²) in [5.74, 6) is -0.0185. The molecular weight excluding hydrogens is 232 g/mol. The van der Waals surface area contributed by atoms with Crippen LogP contribution >= 0.6 is 0 Å². The molecule has 1 saturated heterocycles. The molecule has 0 aliphatic carbocycles. The van der Waals surface area contributed by atoms with Crippen LogP contribution in [-0.2, 0) is 11.2 Å². The van der Waals surface area contributed by atoms with E-state index < -0.39 is 5.41 Å².